The number of nitrogens with two attached hydrogens (primary N) is 1. The van der Waals surface area contributed by atoms with E-state index in [2.05, 4.69) is 10.6 Å². The normalized spacial score (nSPS) is 16.6. The van der Waals surface area contributed by atoms with Gasteiger partial charge in [0, 0.05) is 18.5 Å². The van der Waals surface area contributed by atoms with Gasteiger partial charge < -0.3 is 16.4 Å². The zero-order valence-electron chi connectivity index (χ0n) is 9.79. The summed E-state index contributed by atoms with van der Waals surface area (Å²) in [4.78, 5) is 22.6. The second-order valence-corrected chi connectivity index (χ2v) is 4.37. The number of hydrogen-bond donors (Lipinski definition) is 3. The molecule has 5 nitrogen and oxygen atoms in total. The van der Waals surface area contributed by atoms with Crippen molar-refractivity contribution >= 4 is 11.8 Å². The van der Waals surface area contributed by atoms with Gasteiger partial charge >= 0.3 is 0 Å². The molecule has 4 N–H and O–H groups in total. The van der Waals surface area contributed by atoms with Gasteiger partial charge in [0.25, 0.3) is 0 Å². The number of amides is 2. The number of carbonyl (C=O) groups is 2. The van der Waals surface area contributed by atoms with E-state index < -0.39 is 0 Å². The molecule has 1 aliphatic rings. The van der Waals surface area contributed by atoms with Crippen LogP contribution in [-0.4, -0.2) is 30.4 Å². The number of rotatable bonds is 7. The largest absolute Gasteiger partial charge is 0.352 e. The highest BCUT2D eigenvalue weighted by Crippen LogP contribution is 2.18. The first-order valence-corrected chi connectivity index (χ1v) is 5.93. The van der Waals surface area contributed by atoms with Crippen LogP contribution in [0.5, 0.6) is 0 Å². The first-order valence-electron chi connectivity index (χ1n) is 5.93. The fourth-order valence-corrected chi connectivity index (χ4v) is 1.47. The van der Waals surface area contributed by atoms with Gasteiger partial charge in [-0.05, 0) is 19.3 Å². The van der Waals surface area contributed by atoms with E-state index in [1.54, 1.807) is 0 Å². The van der Waals surface area contributed by atoms with Gasteiger partial charge in [-0.1, -0.05) is 13.3 Å². The van der Waals surface area contributed by atoms with Gasteiger partial charge in [-0.25, -0.2) is 0 Å². The molecular formula is C11H21N3O2. The van der Waals surface area contributed by atoms with Crippen LogP contribution in [0.3, 0.4) is 0 Å². The highest BCUT2D eigenvalue weighted by Gasteiger charge is 2.23. The molecule has 1 atom stereocenters. The number of hydrogen-bond acceptors (Lipinski definition) is 3. The lowest BCUT2D eigenvalue weighted by molar-refractivity contribution is -0.126. The molecule has 92 valence electrons. The van der Waals surface area contributed by atoms with E-state index in [9.17, 15) is 9.59 Å². The number of carbonyl (C=O) groups excluding carboxylic acids is 2. The second-order valence-electron chi connectivity index (χ2n) is 4.37. The molecule has 0 aromatic rings. The summed E-state index contributed by atoms with van der Waals surface area (Å²) in [5.74, 6) is -0.258. The summed E-state index contributed by atoms with van der Waals surface area (Å²) in [5.41, 5.74) is 5.72. The highest BCUT2D eigenvalue weighted by atomic mass is 16.2. The van der Waals surface area contributed by atoms with Crippen molar-refractivity contribution in [2.75, 3.05) is 6.54 Å². The second kappa shape index (κ2) is 6.48. The van der Waals surface area contributed by atoms with Gasteiger partial charge in [-0.2, -0.15) is 0 Å². The monoisotopic (exact) mass is 227 g/mol. The summed E-state index contributed by atoms with van der Waals surface area (Å²) in [7, 11) is 0. The average molecular weight is 227 g/mol. The predicted octanol–water partition coefficient (Wildman–Crippen LogP) is -0.101. The van der Waals surface area contributed by atoms with Gasteiger partial charge in [-0.15, -0.1) is 0 Å². The molecule has 1 aliphatic carbocycles. The Morgan fingerprint density at radius 2 is 2.06 bits per heavy atom. The lowest BCUT2D eigenvalue weighted by Gasteiger charge is -2.10. The summed E-state index contributed by atoms with van der Waals surface area (Å²) in [5, 5.41) is 5.38. The zero-order chi connectivity index (χ0) is 12.0. The number of nitrogens with one attached hydrogen (secondary N) is 2. The van der Waals surface area contributed by atoms with Crippen molar-refractivity contribution in [3.05, 3.63) is 0 Å². The van der Waals surface area contributed by atoms with Crippen molar-refractivity contribution in [2.24, 2.45) is 5.73 Å². The third kappa shape index (κ3) is 5.70. The SMILES string of the molecule is CCCC(N)CC(=O)NCC(=O)NC1CC1. The molecule has 0 spiro atoms. The van der Waals surface area contributed by atoms with Crippen LogP contribution in [0.1, 0.15) is 39.0 Å². The smallest absolute Gasteiger partial charge is 0.239 e. The Labute approximate surface area is 96.1 Å². The minimum Gasteiger partial charge on any atom is -0.352 e. The maximum Gasteiger partial charge on any atom is 0.239 e. The predicted molar refractivity (Wildman–Crippen MR) is 61.7 cm³/mol. The summed E-state index contributed by atoms with van der Waals surface area (Å²) < 4.78 is 0. The van der Waals surface area contributed by atoms with Gasteiger partial charge in [0.2, 0.25) is 11.8 Å². The molecule has 1 unspecified atom stereocenters. The van der Waals surface area contributed by atoms with Crippen molar-refractivity contribution in [1.82, 2.24) is 10.6 Å². The Bertz CT molecular complexity index is 252. The van der Waals surface area contributed by atoms with Gasteiger partial charge in [0.05, 0.1) is 6.54 Å². The Morgan fingerprint density at radius 1 is 1.38 bits per heavy atom. The molecule has 0 heterocycles. The standard InChI is InChI=1S/C11H21N3O2/c1-2-3-8(12)6-10(15)13-7-11(16)14-9-4-5-9/h8-9H,2-7,12H2,1H3,(H,13,15)(H,14,16). The molecule has 2 amide bonds. The van der Waals surface area contributed by atoms with Crippen LogP contribution in [0, 0.1) is 0 Å². The molecule has 5 heteroatoms. The minimum atomic E-state index is -0.146. The van der Waals surface area contributed by atoms with Crippen LogP contribution in [0.25, 0.3) is 0 Å². The minimum absolute atomic E-state index is 0.0637. The van der Waals surface area contributed by atoms with E-state index >= 15 is 0 Å². The van der Waals surface area contributed by atoms with Gasteiger partial charge in [0.15, 0.2) is 0 Å². The quantitative estimate of drug-likeness (QED) is 0.568. The van der Waals surface area contributed by atoms with Gasteiger partial charge in [-0.3, -0.25) is 9.59 Å². The third-order valence-electron chi connectivity index (χ3n) is 2.50. The summed E-state index contributed by atoms with van der Waals surface area (Å²) >= 11 is 0. The Kier molecular flexibility index (Phi) is 5.25. The fourth-order valence-electron chi connectivity index (χ4n) is 1.47. The average Bonchev–Trinajstić information content (AvgIpc) is 2.99. The molecule has 1 fully saturated rings. The van der Waals surface area contributed by atoms with Crippen LogP contribution in [-0.2, 0) is 9.59 Å². The lowest BCUT2D eigenvalue weighted by atomic mass is 10.1. The highest BCUT2D eigenvalue weighted by molar-refractivity contribution is 5.85. The fraction of sp³-hybridized carbons (Fsp3) is 0.818. The van der Waals surface area contributed by atoms with Crippen LogP contribution >= 0.6 is 0 Å². The Balaban J connectivity index is 2.06. The van der Waals surface area contributed by atoms with Crippen LogP contribution < -0.4 is 16.4 Å². The van der Waals surface area contributed by atoms with E-state index in [4.69, 9.17) is 5.73 Å². The van der Waals surface area contributed by atoms with E-state index in [1.807, 2.05) is 6.92 Å². The van der Waals surface area contributed by atoms with Crippen LogP contribution in [0.15, 0.2) is 0 Å². The van der Waals surface area contributed by atoms with Crippen molar-refractivity contribution in [3.8, 4) is 0 Å². The molecule has 0 saturated heterocycles. The van der Waals surface area contributed by atoms with E-state index in [1.165, 1.54) is 0 Å². The lowest BCUT2D eigenvalue weighted by Crippen LogP contribution is -2.39. The van der Waals surface area contributed by atoms with Crippen molar-refractivity contribution < 1.29 is 9.59 Å². The molecule has 0 aliphatic heterocycles. The molecule has 1 saturated carbocycles. The maximum atomic E-state index is 11.4. The molecular weight excluding hydrogens is 206 g/mol. The van der Waals surface area contributed by atoms with Crippen LogP contribution in [0.2, 0.25) is 0 Å². The summed E-state index contributed by atoms with van der Waals surface area (Å²) in [6.45, 7) is 2.09. The maximum absolute atomic E-state index is 11.4. The molecule has 0 radical (unpaired) electrons. The molecule has 0 aromatic heterocycles. The topological polar surface area (TPSA) is 84.2 Å². The van der Waals surface area contributed by atoms with Crippen molar-refractivity contribution in [2.45, 2.75) is 51.1 Å². The first kappa shape index (κ1) is 13.0. The Hall–Kier alpha value is -1.10. The third-order valence-corrected chi connectivity index (χ3v) is 2.50. The first-order chi connectivity index (χ1) is 7.61. The van der Waals surface area contributed by atoms with E-state index in [0.29, 0.717) is 12.5 Å². The van der Waals surface area contributed by atoms with E-state index in [-0.39, 0.29) is 24.4 Å². The summed E-state index contributed by atoms with van der Waals surface area (Å²) in [6.07, 6.45) is 4.21. The molecule has 16 heavy (non-hydrogen) atoms. The van der Waals surface area contributed by atoms with Gasteiger partial charge in [0.1, 0.15) is 0 Å². The molecule has 0 aromatic carbocycles. The molecule has 0 bridgehead atoms. The Morgan fingerprint density at radius 3 is 2.62 bits per heavy atom. The van der Waals surface area contributed by atoms with Crippen molar-refractivity contribution in [1.29, 1.82) is 0 Å². The van der Waals surface area contributed by atoms with Crippen LogP contribution in [0.4, 0.5) is 0 Å². The zero-order valence-corrected chi connectivity index (χ0v) is 9.79. The molecule has 1 rings (SSSR count). The van der Waals surface area contributed by atoms with Crippen molar-refractivity contribution in [3.63, 3.8) is 0 Å². The van der Waals surface area contributed by atoms with E-state index in [0.717, 1.165) is 25.7 Å². The summed E-state index contributed by atoms with van der Waals surface area (Å²) in [6, 6.07) is 0.239.